The fourth-order valence-corrected chi connectivity index (χ4v) is 3.51. The van der Waals surface area contributed by atoms with Gasteiger partial charge in [-0.1, -0.05) is 0 Å². The molecule has 0 spiro atoms. The SMILES string of the molecule is CC(C)(C)OC(=O)N1CCN(c2nc3cc(F)c(Br)cc3n3cnnc23)CC1. The van der Waals surface area contributed by atoms with Crippen molar-refractivity contribution in [2.24, 2.45) is 0 Å². The van der Waals surface area contributed by atoms with E-state index in [9.17, 15) is 9.18 Å². The summed E-state index contributed by atoms with van der Waals surface area (Å²) in [6.45, 7) is 7.69. The maximum atomic E-state index is 14.0. The summed E-state index contributed by atoms with van der Waals surface area (Å²) in [5.41, 5.74) is 1.29. The minimum absolute atomic E-state index is 0.321. The summed E-state index contributed by atoms with van der Waals surface area (Å²) in [7, 11) is 0. The highest BCUT2D eigenvalue weighted by atomic mass is 79.9. The molecule has 4 rings (SSSR count). The summed E-state index contributed by atoms with van der Waals surface area (Å²) >= 11 is 3.21. The number of carbonyl (C=O) groups excluding carboxylic acids is 1. The summed E-state index contributed by atoms with van der Waals surface area (Å²) in [4.78, 5) is 20.6. The van der Waals surface area contributed by atoms with Crippen LogP contribution in [-0.4, -0.2) is 62.4 Å². The minimum atomic E-state index is -0.528. The monoisotopic (exact) mass is 450 g/mol. The highest BCUT2D eigenvalue weighted by molar-refractivity contribution is 9.10. The van der Waals surface area contributed by atoms with Gasteiger partial charge in [-0.2, -0.15) is 0 Å². The van der Waals surface area contributed by atoms with Gasteiger partial charge < -0.3 is 14.5 Å². The zero-order valence-electron chi connectivity index (χ0n) is 15.8. The Balaban J connectivity index is 1.62. The molecule has 0 atom stereocenters. The lowest BCUT2D eigenvalue weighted by atomic mass is 10.2. The van der Waals surface area contributed by atoms with Crippen molar-refractivity contribution in [3.05, 3.63) is 28.7 Å². The van der Waals surface area contributed by atoms with Crippen LogP contribution in [0.1, 0.15) is 20.8 Å². The van der Waals surface area contributed by atoms with Gasteiger partial charge in [-0.3, -0.25) is 4.40 Å². The molecule has 0 bridgehead atoms. The fourth-order valence-electron chi connectivity index (χ4n) is 3.18. The third-order valence-electron chi connectivity index (χ3n) is 4.48. The number of ether oxygens (including phenoxy) is 1. The first-order valence-electron chi connectivity index (χ1n) is 8.94. The number of aromatic nitrogens is 4. The van der Waals surface area contributed by atoms with Gasteiger partial charge in [0.25, 0.3) is 0 Å². The van der Waals surface area contributed by atoms with Crippen LogP contribution in [0.15, 0.2) is 22.9 Å². The molecule has 3 aromatic rings. The molecule has 0 saturated carbocycles. The van der Waals surface area contributed by atoms with Crippen molar-refractivity contribution in [2.45, 2.75) is 26.4 Å². The fraction of sp³-hybridized carbons (Fsp3) is 0.444. The maximum Gasteiger partial charge on any atom is 0.410 e. The number of nitrogens with zero attached hydrogens (tertiary/aromatic N) is 6. The van der Waals surface area contributed by atoms with Crippen LogP contribution in [-0.2, 0) is 4.74 Å². The molecule has 1 saturated heterocycles. The lowest BCUT2D eigenvalue weighted by Gasteiger charge is -2.36. The Morgan fingerprint density at radius 1 is 1.21 bits per heavy atom. The van der Waals surface area contributed by atoms with Crippen LogP contribution < -0.4 is 4.90 Å². The van der Waals surface area contributed by atoms with E-state index < -0.39 is 5.60 Å². The second kappa shape index (κ2) is 6.84. The topological polar surface area (TPSA) is 75.9 Å². The van der Waals surface area contributed by atoms with Gasteiger partial charge in [0.05, 0.1) is 15.5 Å². The predicted molar refractivity (Wildman–Crippen MR) is 106 cm³/mol. The Labute approximate surface area is 169 Å². The zero-order chi connectivity index (χ0) is 20.1. The predicted octanol–water partition coefficient (Wildman–Crippen LogP) is 3.24. The average Bonchev–Trinajstić information content (AvgIpc) is 3.11. The van der Waals surface area contributed by atoms with Gasteiger partial charge in [0.2, 0.25) is 5.65 Å². The maximum absolute atomic E-state index is 14.0. The molecule has 2 aromatic heterocycles. The number of rotatable bonds is 1. The van der Waals surface area contributed by atoms with E-state index in [1.807, 2.05) is 25.7 Å². The van der Waals surface area contributed by atoms with Gasteiger partial charge in [-0.25, -0.2) is 14.2 Å². The number of halogens is 2. The van der Waals surface area contributed by atoms with E-state index in [0.29, 0.717) is 53.2 Å². The summed E-state index contributed by atoms with van der Waals surface area (Å²) in [6.07, 6.45) is 1.27. The van der Waals surface area contributed by atoms with Crippen LogP contribution in [0, 0.1) is 5.82 Å². The first kappa shape index (κ1) is 18.9. The van der Waals surface area contributed by atoms with Crippen molar-refractivity contribution >= 4 is 44.5 Å². The van der Waals surface area contributed by atoms with Crippen molar-refractivity contribution in [1.82, 2.24) is 24.5 Å². The number of hydrogen-bond donors (Lipinski definition) is 0. The Kier molecular flexibility index (Phi) is 4.60. The molecule has 3 heterocycles. The van der Waals surface area contributed by atoms with Crippen LogP contribution in [0.3, 0.4) is 0 Å². The van der Waals surface area contributed by atoms with E-state index in [1.165, 1.54) is 6.07 Å². The standard InChI is InChI=1S/C18H20BrFN6O2/c1-18(2,3)28-17(27)25-6-4-24(5-7-25)15-16-23-21-10-26(16)14-8-11(19)12(20)9-13(14)22-15/h8-10H,4-7H2,1-3H3. The molecule has 8 nitrogen and oxygen atoms in total. The lowest BCUT2D eigenvalue weighted by Crippen LogP contribution is -2.50. The quantitative estimate of drug-likeness (QED) is 0.566. The Morgan fingerprint density at radius 2 is 1.93 bits per heavy atom. The number of hydrogen-bond acceptors (Lipinski definition) is 6. The molecule has 1 aliphatic rings. The van der Waals surface area contributed by atoms with Crippen molar-refractivity contribution in [3.8, 4) is 0 Å². The number of anilines is 1. The van der Waals surface area contributed by atoms with Gasteiger partial charge in [-0.15, -0.1) is 10.2 Å². The van der Waals surface area contributed by atoms with Crippen molar-refractivity contribution in [2.75, 3.05) is 31.1 Å². The molecule has 10 heteroatoms. The van der Waals surface area contributed by atoms with Crippen molar-refractivity contribution in [1.29, 1.82) is 0 Å². The van der Waals surface area contributed by atoms with Crippen molar-refractivity contribution < 1.29 is 13.9 Å². The molecule has 0 aliphatic carbocycles. The van der Waals surface area contributed by atoms with Gasteiger partial charge >= 0.3 is 6.09 Å². The molecule has 1 aromatic carbocycles. The Bertz CT molecular complexity index is 1060. The highest BCUT2D eigenvalue weighted by Gasteiger charge is 2.28. The molecule has 1 aliphatic heterocycles. The van der Waals surface area contributed by atoms with E-state index in [4.69, 9.17) is 4.74 Å². The van der Waals surface area contributed by atoms with Crippen LogP contribution >= 0.6 is 15.9 Å². The van der Waals surface area contributed by atoms with Gasteiger partial charge in [0, 0.05) is 32.2 Å². The molecule has 0 radical (unpaired) electrons. The molecule has 1 fully saturated rings. The van der Waals surface area contributed by atoms with E-state index in [1.54, 1.807) is 21.7 Å². The summed E-state index contributed by atoms with van der Waals surface area (Å²) in [5, 5.41) is 8.19. The first-order chi connectivity index (χ1) is 13.2. The molecular weight excluding hydrogens is 431 g/mol. The minimum Gasteiger partial charge on any atom is -0.444 e. The zero-order valence-corrected chi connectivity index (χ0v) is 17.4. The van der Waals surface area contributed by atoms with E-state index >= 15 is 0 Å². The van der Waals surface area contributed by atoms with Crippen molar-refractivity contribution in [3.63, 3.8) is 0 Å². The smallest absolute Gasteiger partial charge is 0.410 e. The molecular formula is C18H20BrFN6O2. The molecule has 28 heavy (non-hydrogen) atoms. The number of fused-ring (bicyclic) bond motifs is 3. The van der Waals surface area contributed by atoms with Gasteiger partial charge in [0.15, 0.2) is 5.82 Å². The van der Waals surface area contributed by atoms with Crippen LogP contribution in [0.4, 0.5) is 15.0 Å². The summed E-state index contributed by atoms with van der Waals surface area (Å²) in [6, 6.07) is 3.05. The van der Waals surface area contributed by atoms with Crippen LogP contribution in [0.25, 0.3) is 16.7 Å². The largest absolute Gasteiger partial charge is 0.444 e. The molecule has 0 N–H and O–H groups in total. The second-order valence-corrected chi connectivity index (χ2v) is 8.52. The Hall–Kier alpha value is -2.49. The average molecular weight is 451 g/mol. The number of carbonyl (C=O) groups is 1. The molecule has 1 amide bonds. The van der Waals surface area contributed by atoms with E-state index in [0.717, 1.165) is 0 Å². The number of piperazine rings is 1. The van der Waals surface area contributed by atoms with Crippen LogP contribution in [0.5, 0.6) is 0 Å². The molecule has 148 valence electrons. The van der Waals surface area contributed by atoms with Gasteiger partial charge in [-0.05, 0) is 42.8 Å². The Morgan fingerprint density at radius 3 is 2.61 bits per heavy atom. The number of amides is 1. The van der Waals surface area contributed by atoms with E-state index in [2.05, 4.69) is 31.1 Å². The molecule has 0 unspecified atom stereocenters. The second-order valence-electron chi connectivity index (χ2n) is 7.67. The van der Waals surface area contributed by atoms with Crippen LogP contribution in [0.2, 0.25) is 0 Å². The summed E-state index contributed by atoms with van der Waals surface area (Å²) < 4.78 is 21.6. The third-order valence-corrected chi connectivity index (χ3v) is 5.09. The lowest BCUT2D eigenvalue weighted by molar-refractivity contribution is 0.0240. The highest BCUT2D eigenvalue weighted by Crippen LogP contribution is 2.28. The summed E-state index contributed by atoms with van der Waals surface area (Å²) in [5.74, 6) is 0.240. The van der Waals surface area contributed by atoms with Gasteiger partial charge in [0.1, 0.15) is 17.7 Å². The van der Waals surface area contributed by atoms with E-state index in [-0.39, 0.29) is 11.9 Å². The third kappa shape index (κ3) is 3.48. The number of benzene rings is 1. The first-order valence-corrected chi connectivity index (χ1v) is 9.73. The normalized spacial score (nSPS) is 15.5.